The predicted molar refractivity (Wildman–Crippen MR) is 215 cm³/mol. The minimum atomic E-state index is -1.67. The highest BCUT2D eigenvalue weighted by Crippen LogP contribution is 2.23. The molecule has 0 aliphatic carbocycles. The number of carbonyl (C=O) groups excluding carboxylic acids is 1. The SMILES string of the molecule is CCCCCC/C=C\CCC(O)C(=O)NC(COC1OC(CO)C(O)C(O)C1O)C(O)C(O)CCC/C=C/CCCCCCCCCCCCCCCC. The van der Waals surface area contributed by atoms with Gasteiger partial charge in [0.05, 0.1) is 25.4 Å². The zero-order chi connectivity index (χ0) is 39.8. The van der Waals surface area contributed by atoms with E-state index in [-0.39, 0.29) is 12.8 Å². The number of aliphatic hydroxyl groups is 7. The van der Waals surface area contributed by atoms with Crippen LogP contribution in [0.1, 0.15) is 174 Å². The second kappa shape index (κ2) is 33.7. The fraction of sp³-hybridized carbons (Fsp3) is 0.884. The van der Waals surface area contributed by atoms with Crippen LogP contribution in [0.15, 0.2) is 24.3 Å². The first kappa shape index (κ1) is 50.6. The molecule has 11 nitrogen and oxygen atoms in total. The Kier molecular flexibility index (Phi) is 31.6. The molecule has 11 heteroatoms. The van der Waals surface area contributed by atoms with E-state index >= 15 is 0 Å². The highest BCUT2D eigenvalue weighted by atomic mass is 16.7. The number of carbonyl (C=O) groups is 1. The molecule has 0 aromatic heterocycles. The molecule has 0 aromatic carbocycles. The predicted octanol–water partition coefficient (Wildman–Crippen LogP) is 6.28. The summed E-state index contributed by atoms with van der Waals surface area (Å²) in [4.78, 5) is 12.9. The van der Waals surface area contributed by atoms with Crippen LogP contribution in [0.3, 0.4) is 0 Å². The van der Waals surface area contributed by atoms with Crippen molar-refractivity contribution in [2.24, 2.45) is 0 Å². The van der Waals surface area contributed by atoms with E-state index < -0.39 is 74.2 Å². The molecule has 1 aliphatic heterocycles. The summed E-state index contributed by atoms with van der Waals surface area (Å²) in [5.74, 6) is -0.744. The number of hydrogen-bond acceptors (Lipinski definition) is 10. The molecule has 9 atom stereocenters. The van der Waals surface area contributed by atoms with E-state index in [9.17, 15) is 40.5 Å². The Morgan fingerprint density at radius 2 is 1.09 bits per heavy atom. The van der Waals surface area contributed by atoms with E-state index in [1.165, 1.54) is 103 Å². The number of allylic oxidation sites excluding steroid dienone is 4. The maximum Gasteiger partial charge on any atom is 0.249 e. The van der Waals surface area contributed by atoms with Gasteiger partial charge in [-0.2, -0.15) is 0 Å². The van der Waals surface area contributed by atoms with Gasteiger partial charge in [0.2, 0.25) is 5.91 Å². The van der Waals surface area contributed by atoms with Gasteiger partial charge in [-0.05, 0) is 57.8 Å². The fourth-order valence-electron chi connectivity index (χ4n) is 6.79. The number of aliphatic hydroxyl groups excluding tert-OH is 7. The average molecular weight is 772 g/mol. The quantitative estimate of drug-likeness (QED) is 0.0269. The van der Waals surface area contributed by atoms with Gasteiger partial charge in [0.1, 0.15) is 36.6 Å². The third-order valence-corrected chi connectivity index (χ3v) is 10.5. The minimum absolute atomic E-state index is 0.169. The summed E-state index contributed by atoms with van der Waals surface area (Å²) in [6.45, 7) is 3.34. The molecular weight excluding hydrogens is 690 g/mol. The molecule has 1 saturated heterocycles. The molecule has 0 saturated carbocycles. The second-order valence-electron chi connectivity index (χ2n) is 15.4. The van der Waals surface area contributed by atoms with Crippen molar-refractivity contribution in [1.29, 1.82) is 0 Å². The van der Waals surface area contributed by atoms with Gasteiger partial charge in [0, 0.05) is 0 Å². The Hall–Kier alpha value is -1.41. The minimum Gasteiger partial charge on any atom is -0.394 e. The number of ether oxygens (including phenoxy) is 2. The van der Waals surface area contributed by atoms with Crippen LogP contribution in [0.4, 0.5) is 0 Å². The van der Waals surface area contributed by atoms with Crippen molar-refractivity contribution in [3.05, 3.63) is 24.3 Å². The van der Waals surface area contributed by atoms with Crippen LogP contribution in [0.25, 0.3) is 0 Å². The molecule has 8 N–H and O–H groups in total. The Balaban J connectivity index is 2.47. The lowest BCUT2D eigenvalue weighted by molar-refractivity contribution is -0.303. The van der Waals surface area contributed by atoms with E-state index in [0.717, 1.165) is 32.1 Å². The van der Waals surface area contributed by atoms with Crippen LogP contribution >= 0.6 is 0 Å². The van der Waals surface area contributed by atoms with Crippen molar-refractivity contribution >= 4 is 5.91 Å². The first-order valence-electron chi connectivity index (χ1n) is 21.7. The van der Waals surface area contributed by atoms with E-state index in [2.05, 4.69) is 31.3 Å². The molecule has 0 radical (unpaired) electrons. The van der Waals surface area contributed by atoms with Gasteiger partial charge in [-0.15, -0.1) is 0 Å². The number of nitrogens with one attached hydrogen (secondary N) is 1. The zero-order valence-electron chi connectivity index (χ0n) is 34.0. The smallest absolute Gasteiger partial charge is 0.249 e. The van der Waals surface area contributed by atoms with Crippen LogP contribution < -0.4 is 5.32 Å². The lowest BCUT2D eigenvalue weighted by Gasteiger charge is -2.40. The first-order chi connectivity index (χ1) is 26.2. The van der Waals surface area contributed by atoms with Gasteiger partial charge in [-0.3, -0.25) is 4.79 Å². The zero-order valence-corrected chi connectivity index (χ0v) is 34.0. The normalized spacial score (nSPS) is 22.9. The van der Waals surface area contributed by atoms with Crippen molar-refractivity contribution in [3.63, 3.8) is 0 Å². The monoisotopic (exact) mass is 772 g/mol. The van der Waals surface area contributed by atoms with Gasteiger partial charge >= 0.3 is 0 Å². The van der Waals surface area contributed by atoms with E-state index in [1.807, 2.05) is 12.2 Å². The molecule has 318 valence electrons. The lowest BCUT2D eigenvalue weighted by atomic mass is 9.99. The first-order valence-corrected chi connectivity index (χ1v) is 21.7. The molecule has 1 fully saturated rings. The summed E-state index contributed by atoms with van der Waals surface area (Å²) < 4.78 is 11.0. The Morgan fingerprint density at radius 1 is 0.630 bits per heavy atom. The summed E-state index contributed by atoms with van der Waals surface area (Å²) in [6, 6.07) is -1.19. The summed E-state index contributed by atoms with van der Waals surface area (Å²) in [5.41, 5.74) is 0. The summed E-state index contributed by atoms with van der Waals surface area (Å²) in [7, 11) is 0. The maximum absolute atomic E-state index is 12.9. The second-order valence-corrected chi connectivity index (χ2v) is 15.4. The maximum atomic E-state index is 12.9. The Bertz CT molecular complexity index is 934. The summed E-state index contributed by atoms with van der Waals surface area (Å²) >= 11 is 0. The van der Waals surface area contributed by atoms with Crippen LogP contribution in [-0.4, -0.2) is 110 Å². The van der Waals surface area contributed by atoms with Gasteiger partial charge in [-0.1, -0.05) is 141 Å². The van der Waals surface area contributed by atoms with Crippen molar-refractivity contribution in [2.45, 2.75) is 229 Å². The van der Waals surface area contributed by atoms with Crippen molar-refractivity contribution in [3.8, 4) is 0 Å². The van der Waals surface area contributed by atoms with E-state index in [0.29, 0.717) is 12.8 Å². The molecule has 0 aromatic rings. The van der Waals surface area contributed by atoms with Gasteiger partial charge in [0.15, 0.2) is 6.29 Å². The Labute approximate surface area is 327 Å². The lowest BCUT2D eigenvalue weighted by Crippen LogP contribution is -2.60. The molecule has 0 spiro atoms. The molecule has 54 heavy (non-hydrogen) atoms. The van der Waals surface area contributed by atoms with Crippen LogP contribution in [0.2, 0.25) is 0 Å². The third-order valence-electron chi connectivity index (χ3n) is 10.5. The molecule has 9 unspecified atom stereocenters. The fourth-order valence-corrected chi connectivity index (χ4v) is 6.79. The van der Waals surface area contributed by atoms with Gasteiger partial charge in [-0.25, -0.2) is 0 Å². The van der Waals surface area contributed by atoms with E-state index in [1.54, 1.807) is 0 Å². The van der Waals surface area contributed by atoms with Crippen molar-refractivity contribution in [1.82, 2.24) is 5.32 Å². The molecule has 1 aliphatic rings. The molecular formula is C43H81NO10. The highest BCUT2D eigenvalue weighted by Gasteiger charge is 2.44. The number of amides is 1. The molecule has 1 amide bonds. The highest BCUT2D eigenvalue weighted by molar-refractivity contribution is 5.80. The Morgan fingerprint density at radius 3 is 1.61 bits per heavy atom. The number of hydrogen-bond donors (Lipinski definition) is 8. The standard InChI is InChI=1S/C43H81NO10/c1-3-5-7-9-11-13-14-15-16-17-18-19-20-21-22-23-25-26-28-30-35(46)38(48)34(33-53-43-41(51)40(50)39(49)37(32-45)54-43)44-42(52)36(47)31-29-27-24-12-10-8-6-4-2/h23-25,27,34-41,43,45-51H,3-22,26,28-33H2,1-2H3,(H,44,52)/b25-23+,27-24-. The largest absolute Gasteiger partial charge is 0.394 e. The van der Waals surface area contributed by atoms with Gasteiger partial charge < -0.3 is 50.5 Å². The van der Waals surface area contributed by atoms with Gasteiger partial charge in [0.25, 0.3) is 0 Å². The number of unbranched alkanes of at least 4 members (excludes halogenated alkanes) is 19. The topological polar surface area (TPSA) is 189 Å². The van der Waals surface area contributed by atoms with E-state index in [4.69, 9.17) is 9.47 Å². The van der Waals surface area contributed by atoms with Crippen molar-refractivity contribution in [2.75, 3.05) is 13.2 Å². The molecule has 1 rings (SSSR count). The molecule has 1 heterocycles. The van der Waals surface area contributed by atoms with Crippen LogP contribution in [0, 0.1) is 0 Å². The summed E-state index contributed by atoms with van der Waals surface area (Å²) in [5, 5.41) is 75.2. The third kappa shape index (κ3) is 23.6. The van der Waals surface area contributed by atoms with Crippen molar-refractivity contribution < 1.29 is 50.0 Å². The number of rotatable bonds is 35. The molecule has 0 bridgehead atoms. The van der Waals surface area contributed by atoms with Crippen LogP contribution in [-0.2, 0) is 14.3 Å². The average Bonchev–Trinajstić information content (AvgIpc) is 3.17. The summed E-state index contributed by atoms with van der Waals surface area (Å²) in [6.07, 6.45) is 24.1. The van der Waals surface area contributed by atoms with Crippen LogP contribution in [0.5, 0.6) is 0 Å².